The largest absolute Gasteiger partial charge is 0.444 e. The van der Waals surface area contributed by atoms with Gasteiger partial charge in [0.1, 0.15) is 22.0 Å². The van der Waals surface area contributed by atoms with Crippen LogP contribution < -0.4 is 5.32 Å². The Bertz CT molecular complexity index is 671. The van der Waals surface area contributed by atoms with Crippen LogP contribution in [0.4, 0.5) is 4.79 Å². The van der Waals surface area contributed by atoms with Gasteiger partial charge in [-0.1, -0.05) is 42.5 Å². The number of hydrogen-bond acceptors (Lipinski definition) is 4. The molecule has 1 saturated heterocycles. The number of nitrogens with one attached hydrogen (secondary N) is 1. The molecule has 1 amide bonds. The van der Waals surface area contributed by atoms with E-state index in [0.717, 1.165) is 24.1 Å². The normalized spacial score (nSPS) is 19.9. The maximum Gasteiger partial charge on any atom is 0.410 e. The molecule has 1 fully saturated rings. The molecule has 5 nitrogen and oxygen atoms in total. The Morgan fingerprint density at radius 2 is 1.88 bits per heavy atom. The van der Waals surface area contributed by atoms with E-state index >= 15 is 0 Å². The second kappa shape index (κ2) is 6.16. The van der Waals surface area contributed by atoms with E-state index in [1.165, 1.54) is 0 Å². The molecule has 0 aromatic heterocycles. The molecule has 0 aliphatic carbocycles. The highest BCUT2D eigenvalue weighted by Gasteiger charge is 2.41. The van der Waals surface area contributed by atoms with Crippen molar-refractivity contribution in [3.05, 3.63) is 35.9 Å². The third-order valence-corrected chi connectivity index (χ3v) is 4.47. The molecule has 2 heterocycles. The molecular weight excluding hydrogens is 322 g/mol. The molecule has 1 N–H and O–H groups in total. The van der Waals surface area contributed by atoms with Crippen LogP contribution in [0.5, 0.6) is 0 Å². The van der Waals surface area contributed by atoms with Crippen molar-refractivity contribution in [3.63, 3.8) is 0 Å². The zero-order valence-corrected chi connectivity index (χ0v) is 15.2. The molecule has 0 atom stereocenters. The molecule has 3 rings (SSSR count). The van der Waals surface area contributed by atoms with Crippen LogP contribution in [0.1, 0.15) is 39.2 Å². The minimum Gasteiger partial charge on any atom is -0.444 e. The van der Waals surface area contributed by atoms with Crippen LogP contribution in [0.25, 0.3) is 0 Å². The van der Waals surface area contributed by atoms with E-state index in [-0.39, 0.29) is 11.8 Å². The van der Waals surface area contributed by atoms with Crippen LogP contribution in [0.3, 0.4) is 0 Å². The first-order valence-electron chi connectivity index (χ1n) is 8.24. The first-order chi connectivity index (χ1) is 11.3. The standard InChI is InChI=1S/C18H23N3O2S/c1-17(2,3)23-16(22)21-11-9-18(10-12-21)19-14(15(24)20-18)13-7-5-4-6-8-13/h4-8H,9-12H2,1-3H3,(H,20,24). The van der Waals surface area contributed by atoms with Gasteiger partial charge in [0.05, 0.1) is 0 Å². The van der Waals surface area contributed by atoms with E-state index in [2.05, 4.69) is 5.32 Å². The summed E-state index contributed by atoms with van der Waals surface area (Å²) in [5.74, 6) is 0. The van der Waals surface area contributed by atoms with Crippen molar-refractivity contribution in [1.82, 2.24) is 10.2 Å². The first-order valence-corrected chi connectivity index (χ1v) is 8.65. The van der Waals surface area contributed by atoms with Gasteiger partial charge < -0.3 is 15.0 Å². The van der Waals surface area contributed by atoms with Gasteiger partial charge in [0.2, 0.25) is 0 Å². The van der Waals surface area contributed by atoms with Crippen LogP contribution in [0, 0.1) is 0 Å². The summed E-state index contributed by atoms with van der Waals surface area (Å²) in [4.78, 5) is 19.5. The summed E-state index contributed by atoms with van der Waals surface area (Å²) in [7, 11) is 0. The maximum absolute atomic E-state index is 12.2. The summed E-state index contributed by atoms with van der Waals surface area (Å²) < 4.78 is 5.44. The average Bonchev–Trinajstić information content (AvgIpc) is 2.83. The predicted octanol–water partition coefficient (Wildman–Crippen LogP) is 3.13. The van der Waals surface area contributed by atoms with Crippen LogP contribution >= 0.6 is 12.2 Å². The van der Waals surface area contributed by atoms with Crippen LogP contribution in [0.15, 0.2) is 35.3 Å². The number of rotatable bonds is 1. The van der Waals surface area contributed by atoms with Crippen molar-refractivity contribution < 1.29 is 9.53 Å². The Hall–Kier alpha value is -1.95. The van der Waals surface area contributed by atoms with Crippen molar-refractivity contribution in [3.8, 4) is 0 Å². The van der Waals surface area contributed by atoms with Gasteiger partial charge in [-0.05, 0) is 20.8 Å². The number of hydrogen-bond donors (Lipinski definition) is 1. The van der Waals surface area contributed by atoms with Gasteiger partial charge in [-0.2, -0.15) is 0 Å². The molecule has 24 heavy (non-hydrogen) atoms. The monoisotopic (exact) mass is 345 g/mol. The third-order valence-electron chi connectivity index (χ3n) is 4.18. The van der Waals surface area contributed by atoms with E-state index in [4.69, 9.17) is 21.9 Å². The topological polar surface area (TPSA) is 53.9 Å². The molecule has 6 heteroatoms. The van der Waals surface area contributed by atoms with Gasteiger partial charge in [0.25, 0.3) is 0 Å². The molecule has 0 radical (unpaired) electrons. The highest BCUT2D eigenvalue weighted by Crippen LogP contribution is 2.29. The molecule has 128 valence electrons. The molecule has 1 spiro atoms. The summed E-state index contributed by atoms with van der Waals surface area (Å²) in [6.45, 7) is 6.85. The molecule has 0 saturated carbocycles. The second-order valence-corrected chi connectivity index (χ2v) is 7.69. The fourth-order valence-corrected chi connectivity index (χ4v) is 3.33. The lowest BCUT2D eigenvalue weighted by Crippen LogP contribution is -2.52. The number of piperidine rings is 1. The quantitative estimate of drug-likeness (QED) is 0.795. The highest BCUT2D eigenvalue weighted by molar-refractivity contribution is 7.82. The molecule has 1 aromatic rings. The fourth-order valence-electron chi connectivity index (χ4n) is 2.98. The number of carbonyl (C=O) groups excluding carboxylic acids is 1. The summed E-state index contributed by atoms with van der Waals surface area (Å²) >= 11 is 5.48. The Morgan fingerprint density at radius 1 is 1.25 bits per heavy atom. The van der Waals surface area contributed by atoms with Crippen LogP contribution in [-0.2, 0) is 4.74 Å². The number of aliphatic imine (C=N–C) groups is 1. The van der Waals surface area contributed by atoms with Gasteiger partial charge in [-0.25, -0.2) is 4.79 Å². The number of benzene rings is 1. The van der Waals surface area contributed by atoms with Gasteiger partial charge in [-0.3, -0.25) is 4.99 Å². The van der Waals surface area contributed by atoms with Gasteiger partial charge in [0.15, 0.2) is 0 Å². The smallest absolute Gasteiger partial charge is 0.410 e. The number of nitrogens with zero attached hydrogens (tertiary/aromatic N) is 2. The zero-order valence-electron chi connectivity index (χ0n) is 14.3. The number of amides is 1. The SMILES string of the molecule is CC(C)(C)OC(=O)N1CCC2(CC1)N=C(c1ccccc1)C(=S)N2. The number of likely N-dealkylation sites (tertiary alicyclic amines) is 1. The lowest BCUT2D eigenvalue weighted by molar-refractivity contribution is 0.0165. The number of ether oxygens (including phenoxy) is 1. The lowest BCUT2D eigenvalue weighted by atomic mass is 9.98. The lowest BCUT2D eigenvalue weighted by Gasteiger charge is -2.38. The molecule has 0 bridgehead atoms. The summed E-state index contributed by atoms with van der Waals surface area (Å²) in [6, 6.07) is 9.97. The maximum atomic E-state index is 12.2. The summed E-state index contributed by atoms with van der Waals surface area (Å²) in [5.41, 5.74) is 1.01. The fraction of sp³-hybridized carbons (Fsp3) is 0.500. The Balaban J connectivity index is 1.69. The summed E-state index contributed by atoms with van der Waals surface area (Å²) in [6.07, 6.45) is 1.19. The average molecular weight is 345 g/mol. The van der Waals surface area contributed by atoms with Crippen LogP contribution in [0.2, 0.25) is 0 Å². The van der Waals surface area contributed by atoms with Gasteiger partial charge >= 0.3 is 6.09 Å². The highest BCUT2D eigenvalue weighted by atomic mass is 32.1. The minimum atomic E-state index is -0.474. The van der Waals surface area contributed by atoms with Crippen molar-refractivity contribution in [2.75, 3.05) is 13.1 Å². The van der Waals surface area contributed by atoms with Gasteiger partial charge in [0, 0.05) is 31.5 Å². The molecule has 2 aliphatic rings. The zero-order chi connectivity index (χ0) is 17.4. The number of carbonyl (C=O) groups is 1. The van der Waals surface area contributed by atoms with Crippen molar-refractivity contribution >= 4 is 29.0 Å². The van der Waals surface area contributed by atoms with E-state index in [1.54, 1.807) is 4.90 Å². The van der Waals surface area contributed by atoms with E-state index in [1.807, 2.05) is 51.1 Å². The molecule has 0 unspecified atom stereocenters. The Labute approximate surface area is 148 Å². The summed E-state index contributed by atoms with van der Waals surface area (Å²) in [5, 5.41) is 3.37. The second-order valence-electron chi connectivity index (χ2n) is 7.28. The van der Waals surface area contributed by atoms with Gasteiger partial charge in [-0.15, -0.1) is 0 Å². The first kappa shape index (κ1) is 16.9. The minimum absolute atomic E-state index is 0.259. The third kappa shape index (κ3) is 3.59. The van der Waals surface area contributed by atoms with Crippen molar-refractivity contribution in [1.29, 1.82) is 0 Å². The van der Waals surface area contributed by atoms with Crippen molar-refractivity contribution in [2.24, 2.45) is 4.99 Å². The van der Waals surface area contributed by atoms with E-state index in [0.29, 0.717) is 18.1 Å². The Morgan fingerprint density at radius 3 is 2.46 bits per heavy atom. The molecule has 2 aliphatic heterocycles. The van der Waals surface area contributed by atoms with E-state index in [9.17, 15) is 4.79 Å². The molecular formula is C18H23N3O2S. The van der Waals surface area contributed by atoms with Crippen molar-refractivity contribution in [2.45, 2.75) is 44.9 Å². The number of thiocarbonyl (C=S) groups is 1. The Kier molecular flexibility index (Phi) is 4.34. The predicted molar refractivity (Wildman–Crippen MR) is 98.5 cm³/mol. The van der Waals surface area contributed by atoms with E-state index < -0.39 is 5.60 Å². The van der Waals surface area contributed by atoms with Crippen LogP contribution in [-0.4, -0.2) is 46.0 Å². The molecule has 1 aromatic carbocycles.